The number of Topliss-reactive ketones (excluding diaryl/α,β-unsaturated/α-hetero) is 1. The number of anilines is 1. The highest BCUT2D eigenvalue weighted by atomic mass is 32.2. The van der Waals surface area contributed by atoms with E-state index in [1.807, 2.05) is 99.7 Å². The van der Waals surface area contributed by atoms with Gasteiger partial charge in [-0.3, -0.25) is 29.0 Å². The predicted molar refractivity (Wildman–Crippen MR) is 389 cm³/mol. The summed E-state index contributed by atoms with van der Waals surface area (Å²) in [6.45, 7) is 9.67. The number of nitrogens with zero attached hydrogens (tertiary/aromatic N) is 4. The van der Waals surface area contributed by atoms with Crippen molar-refractivity contribution >= 4 is 75.5 Å². The number of unbranched alkanes of at least 4 members (excludes halogenated alkanes) is 1. The molecule has 27 nitrogen and oxygen atoms in total. The number of rotatable bonds is 48. The Labute approximate surface area is 601 Å². The van der Waals surface area contributed by atoms with Gasteiger partial charge in [0.1, 0.15) is 37.8 Å². The van der Waals surface area contributed by atoms with E-state index in [1.54, 1.807) is 12.1 Å². The molecule has 0 radical (unpaired) electrons. The van der Waals surface area contributed by atoms with Gasteiger partial charge in [0.05, 0.1) is 134 Å². The van der Waals surface area contributed by atoms with Gasteiger partial charge in [-0.2, -0.15) is 11.8 Å². The van der Waals surface area contributed by atoms with Gasteiger partial charge in [-0.25, -0.2) is 14.2 Å². The maximum absolute atomic E-state index is 13.9. The molecule has 6 amide bonds. The molecule has 0 bridgehead atoms. The third-order valence-corrected chi connectivity index (χ3v) is 18.8. The predicted octanol–water partition coefficient (Wildman–Crippen LogP) is 5.49. The number of urea groups is 1. The number of allylic oxidation sites excluding steroid dienone is 2. The number of aliphatic hydroxyl groups excluding tert-OH is 1. The average molecular weight is 1440 g/mol. The Morgan fingerprint density at radius 2 is 1.35 bits per heavy atom. The zero-order chi connectivity index (χ0) is 73.2. The lowest BCUT2D eigenvalue weighted by molar-refractivity contribution is -0.132. The maximum atomic E-state index is 13.9. The second kappa shape index (κ2) is 43.2. The van der Waals surface area contributed by atoms with Crippen LogP contribution in [0.5, 0.6) is 0 Å². The van der Waals surface area contributed by atoms with Gasteiger partial charge in [-0.15, -0.1) is 6.42 Å². The number of ether oxygens (including phenoxy) is 8. The first-order chi connectivity index (χ1) is 49.2. The topological polar surface area (TPSA) is 329 Å². The second-order valence-corrected chi connectivity index (χ2v) is 27.4. The van der Waals surface area contributed by atoms with E-state index in [4.69, 9.17) is 53.7 Å². The SMILES string of the molecule is C#CCOCCOCCOCCOCCN(CCC(=O)NCCCN=C(CCOCCOCCOCCOCCNC(=O)CCCC[C@H]1SC[C@@H]2NC(=O)N[C@@H]21)C1=C(O)CC(C)(C)CC1=O)C(=O)CCNC(=O)c1ccc(-c2c3ccc(=[N+](C)C)cc-3oc3cc(N(C)C)ccc23)c(C(=O)O)c1. The lowest BCUT2D eigenvalue weighted by Gasteiger charge is -2.30. The molecule has 3 aliphatic heterocycles. The van der Waals surface area contributed by atoms with Crippen molar-refractivity contribution in [1.29, 1.82) is 0 Å². The van der Waals surface area contributed by atoms with Gasteiger partial charge < -0.3 is 88.9 Å². The number of terminal acetylenes is 1. The largest absolute Gasteiger partial charge is 0.511 e. The lowest BCUT2D eigenvalue weighted by Crippen LogP contribution is -2.39. The van der Waals surface area contributed by atoms with E-state index >= 15 is 0 Å². The molecule has 3 heterocycles. The summed E-state index contributed by atoms with van der Waals surface area (Å²) in [6.07, 6.45) is 9.37. The molecule has 0 aromatic heterocycles. The van der Waals surface area contributed by atoms with Crippen LogP contribution in [0.3, 0.4) is 0 Å². The van der Waals surface area contributed by atoms with E-state index in [1.165, 1.54) is 11.0 Å². The number of carboxylic acid groups (broad SMARTS) is 1. The van der Waals surface area contributed by atoms with Crippen molar-refractivity contribution in [2.45, 2.75) is 95.4 Å². The molecule has 0 unspecified atom stereocenters. The molecule has 102 heavy (non-hydrogen) atoms. The molecule has 2 saturated heterocycles. The molecule has 5 aliphatic rings. The van der Waals surface area contributed by atoms with Crippen molar-refractivity contribution in [3.63, 3.8) is 0 Å². The number of amides is 6. The van der Waals surface area contributed by atoms with Gasteiger partial charge in [0.15, 0.2) is 5.78 Å². The molecule has 28 heteroatoms. The normalized spacial score (nSPS) is 16.4. The lowest BCUT2D eigenvalue weighted by atomic mass is 9.75. The molecule has 2 fully saturated rings. The van der Waals surface area contributed by atoms with E-state index < -0.39 is 17.3 Å². The van der Waals surface area contributed by atoms with Gasteiger partial charge in [0.25, 0.3) is 5.91 Å². The van der Waals surface area contributed by atoms with Crippen molar-refractivity contribution in [3.05, 3.63) is 82.4 Å². The average Bonchev–Trinajstić information content (AvgIpc) is 0.901. The number of carboxylic acids is 1. The number of nitrogens with one attached hydrogen (secondary N) is 5. The smallest absolute Gasteiger partial charge is 0.336 e. The van der Waals surface area contributed by atoms with Crippen LogP contribution in [0.4, 0.5) is 10.5 Å². The number of benzene rings is 3. The Hall–Kier alpha value is -7.98. The minimum Gasteiger partial charge on any atom is -0.511 e. The summed E-state index contributed by atoms with van der Waals surface area (Å²) < 4.78 is 53.2. The molecule has 2 aromatic rings. The first kappa shape index (κ1) is 81.3. The summed E-state index contributed by atoms with van der Waals surface area (Å²) in [5.74, 6) is 1.14. The van der Waals surface area contributed by atoms with Crippen LogP contribution in [0.25, 0.3) is 33.4 Å². The number of aliphatic hydroxyl groups is 1. The summed E-state index contributed by atoms with van der Waals surface area (Å²) >= 11 is 1.88. The number of fused-ring (bicyclic) bond motifs is 3. The Morgan fingerprint density at radius 1 is 0.706 bits per heavy atom. The van der Waals surface area contributed by atoms with E-state index in [2.05, 4.69) is 32.5 Å². The highest BCUT2D eigenvalue weighted by Gasteiger charge is 2.42. The van der Waals surface area contributed by atoms with Gasteiger partial charge in [-0.1, -0.05) is 32.3 Å². The van der Waals surface area contributed by atoms with Crippen LogP contribution in [0.2, 0.25) is 0 Å². The number of carbonyl (C=O) groups is 7. The molecule has 2 aromatic carbocycles. The maximum Gasteiger partial charge on any atom is 0.336 e. The number of carbonyl (C=O) groups excluding carboxylic acids is 6. The van der Waals surface area contributed by atoms with Crippen molar-refractivity contribution < 1.29 is 86.1 Å². The number of ketones is 1. The Kier molecular flexibility index (Phi) is 34.4. The molecule has 2 aliphatic carbocycles. The molecular weight excluding hydrogens is 1330 g/mol. The van der Waals surface area contributed by atoms with Crippen molar-refractivity contribution in [2.75, 3.05) is 184 Å². The first-order valence-electron chi connectivity index (χ1n) is 35.1. The molecule has 0 saturated carbocycles. The van der Waals surface area contributed by atoms with Crippen molar-refractivity contribution in [1.82, 2.24) is 36.1 Å². The zero-order valence-electron chi connectivity index (χ0n) is 60.0. The summed E-state index contributed by atoms with van der Waals surface area (Å²) in [5, 5.41) is 38.3. The number of thioether (sulfide) groups is 1. The second-order valence-electron chi connectivity index (χ2n) is 26.1. The van der Waals surface area contributed by atoms with E-state index in [-0.39, 0.29) is 162 Å². The van der Waals surface area contributed by atoms with Gasteiger partial charge in [0, 0.05) is 143 Å². The van der Waals surface area contributed by atoms with Crippen LogP contribution in [-0.4, -0.2) is 258 Å². The molecule has 0 spiro atoms. The van der Waals surface area contributed by atoms with Crippen LogP contribution in [-0.2, 0) is 57.1 Å². The van der Waals surface area contributed by atoms with E-state index in [0.29, 0.717) is 136 Å². The fraction of sp³-hybridized carbons (Fsp3) is 0.581. The standard InChI is InChI=1S/C74H103N9O18S/c1-8-29-93-33-37-97-41-44-100-40-36-96-32-28-83(67(88)20-25-78-71(89)51-14-17-54(57(45-51)72(90)91)68-55-18-15-52(81(4)5)46-62(55)101-63-47-53(82(6)7)16-19-56(63)68)27-21-66(87)76-24-11-23-75-58(69-60(84)48-74(2,3)49-61(69)85)22-30-94-34-38-98-42-43-99-39-35-95-31-26-77-65(86)13-10-9-12-64-70-59(50-102-64)79-73(92)80-70/h1,14-19,45-47,59,64,70H,9-13,20-44,48-50H2,2-7H3,(H6-,75,76,77,78,79,80,84,85,86,87,89,90,91,92)/p+1/t59-,64+,70-/m0/s1. The highest BCUT2D eigenvalue weighted by molar-refractivity contribution is 8.00. The van der Waals surface area contributed by atoms with Crippen LogP contribution in [0, 0.1) is 17.8 Å². The van der Waals surface area contributed by atoms with E-state index in [0.717, 1.165) is 36.1 Å². The number of hydrogen-bond acceptors (Lipinski definition) is 20. The monoisotopic (exact) mass is 1440 g/mol. The van der Waals surface area contributed by atoms with Crippen LogP contribution >= 0.6 is 11.8 Å². The third kappa shape index (κ3) is 26.7. The van der Waals surface area contributed by atoms with E-state index in [9.17, 15) is 43.8 Å². The molecular formula is C74H104N9O18S+. The van der Waals surface area contributed by atoms with Gasteiger partial charge >= 0.3 is 12.0 Å². The first-order valence-corrected chi connectivity index (χ1v) is 36.2. The zero-order valence-corrected chi connectivity index (χ0v) is 60.8. The quantitative estimate of drug-likeness (QED) is 0.00718. The highest BCUT2D eigenvalue weighted by Crippen LogP contribution is 2.43. The fourth-order valence-electron chi connectivity index (χ4n) is 12.0. The summed E-state index contributed by atoms with van der Waals surface area (Å²) in [5.41, 5.74) is 3.34. The molecule has 3 atom stereocenters. The molecule has 7 N–H and O–H groups in total. The minimum absolute atomic E-state index is 0.00547. The van der Waals surface area contributed by atoms with Crippen molar-refractivity contribution in [3.8, 4) is 34.8 Å². The summed E-state index contributed by atoms with van der Waals surface area (Å²) in [4.78, 5) is 99.6. The summed E-state index contributed by atoms with van der Waals surface area (Å²) in [6, 6.07) is 16.3. The minimum atomic E-state index is -1.24. The number of hydrogen-bond donors (Lipinski definition) is 7. The van der Waals surface area contributed by atoms with Crippen molar-refractivity contribution in [2.24, 2.45) is 10.4 Å². The van der Waals surface area contributed by atoms with Gasteiger partial charge in [-0.05, 0) is 60.6 Å². The Morgan fingerprint density at radius 3 is 2.02 bits per heavy atom. The number of aromatic carboxylic acids is 1. The third-order valence-electron chi connectivity index (χ3n) is 17.2. The van der Waals surface area contributed by atoms with Crippen LogP contribution in [0.1, 0.15) is 98.8 Å². The summed E-state index contributed by atoms with van der Waals surface area (Å²) in [7, 11) is 7.67. The number of aliphatic imine (C=N–C) groups is 1. The van der Waals surface area contributed by atoms with Crippen LogP contribution in [0.15, 0.2) is 75.3 Å². The Balaban J connectivity index is 0.834. The molecule has 558 valence electrons. The van der Waals surface area contributed by atoms with Gasteiger partial charge in [0.2, 0.25) is 23.1 Å². The molecule has 7 rings (SSSR count). The van der Waals surface area contributed by atoms with Crippen LogP contribution < -0.4 is 41.4 Å². The fourth-order valence-corrected chi connectivity index (χ4v) is 13.5. The Bertz CT molecular complexity index is 3580.